The Labute approximate surface area is 203 Å². The molecule has 1 aromatic heterocycles. The van der Waals surface area contributed by atoms with Crippen LogP contribution in [0.5, 0.6) is 0 Å². The largest absolute Gasteiger partial charge is 0.416 e. The van der Waals surface area contributed by atoms with Gasteiger partial charge in [-0.25, -0.2) is 4.79 Å². The van der Waals surface area contributed by atoms with Crippen LogP contribution in [0.3, 0.4) is 0 Å². The number of hydrogen-bond donors (Lipinski definition) is 2. The van der Waals surface area contributed by atoms with E-state index in [-0.39, 0.29) is 12.4 Å². The predicted octanol–water partition coefficient (Wildman–Crippen LogP) is 5.76. The molecule has 178 valence electrons. The molecule has 3 aromatic carbocycles. The molecule has 4 aromatic rings. The van der Waals surface area contributed by atoms with E-state index in [1.807, 2.05) is 30.3 Å². The molecule has 4 rings (SSSR count). The molecule has 0 radical (unpaired) electrons. The van der Waals surface area contributed by atoms with E-state index in [1.54, 1.807) is 24.3 Å². The Kier molecular flexibility index (Phi) is 6.88. The smallest absolute Gasteiger partial charge is 0.305 e. The van der Waals surface area contributed by atoms with Crippen LogP contribution in [-0.2, 0) is 17.5 Å². The Hall–Kier alpha value is -4.11. The molecule has 1 heterocycles. The summed E-state index contributed by atoms with van der Waals surface area (Å²) in [6.07, 6.45) is -3.99. The average molecular weight is 499 g/mol. The molecule has 35 heavy (non-hydrogen) atoms. The second-order valence-corrected chi connectivity index (χ2v) is 7.99. The second kappa shape index (κ2) is 10.0. The van der Waals surface area contributed by atoms with Crippen LogP contribution >= 0.6 is 11.6 Å². The summed E-state index contributed by atoms with van der Waals surface area (Å²) in [5.41, 5.74) is 4.19. The lowest BCUT2D eigenvalue weighted by atomic mass is 10.00. The van der Waals surface area contributed by atoms with E-state index in [2.05, 4.69) is 15.4 Å². The maximum absolute atomic E-state index is 12.9. The Balaban J connectivity index is 1.73. The first-order valence-electron chi connectivity index (χ1n) is 10.3. The standard InChI is InChI=1S/C25H18ClF3N4O2/c26-20-12-8-18(9-13-20)22-21(17-4-2-1-3-5-17)23(31-24(35)30-22)32-33(15-34)14-16-6-10-19(11-7-16)25(27,28)29/h1-13,15H,14H2,(H2,30,31,32,35). The van der Waals surface area contributed by atoms with Gasteiger partial charge in [0.25, 0.3) is 0 Å². The summed E-state index contributed by atoms with van der Waals surface area (Å²) in [6, 6.07) is 20.4. The molecule has 0 saturated carbocycles. The number of alkyl halides is 3. The van der Waals surface area contributed by atoms with Crippen molar-refractivity contribution in [2.45, 2.75) is 12.7 Å². The number of aromatic nitrogens is 2. The van der Waals surface area contributed by atoms with Gasteiger partial charge in [-0.3, -0.25) is 15.2 Å². The van der Waals surface area contributed by atoms with Crippen molar-refractivity contribution in [1.82, 2.24) is 15.0 Å². The molecule has 0 aliphatic heterocycles. The second-order valence-electron chi connectivity index (χ2n) is 7.55. The van der Waals surface area contributed by atoms with Crippen LogP contribution in [-0.4, -0.2) is 21.4 Å². The molecule has 1 amide bonds. The topological polar surface area (TPSA) is 78.1 Å². The number of rotatable bonds is 7. The fourth-order valence-electron chi connectivity index (χ4n) is 3.51. The maximum Gasteiger partial charge on any atom is 0.416 e. The van der Waals surface area contributed by atoms with Crippen LogP contribution < -0.4 is 11.1 Å². The van der Waals surface area contributed by atoms with Gasteiger partial charge in [0, 0.05) is 5.02 Å². The zero-order valence-corrected chi connectivity index (χ0v) is 18.8. The van der Waals surface area contributed by atoms with Gasteiger partial charge < -0.3 is 4.98 Å². The van der Waals surface area contributed by atoms with E-state index in [1.165, 1.54) is 12.1 Å². The Morgan fingerprint density at radius 3 is 2.20 bits per heavy atom. The minimum atomic E-state index is -4.46. The zero-order valence-electron chi connectivity index (χ0n) is 18.0. The molecule has 0 spiro atoms. The lowest BCUT2D eigenvalue weighted by Crippen LogP contribution is -2.30. The normalized spacial score (nSPS) is 11.2. The molecule has 0 aliphatic rings. The van der Waals surface area contributed by atoms with E-state index < -0.39 is 17.4 Å². The molecule has 0 unspecified atom stereocenters. The van der Waals surface area contributed by atoms with E-state index in [0.717, 1.165) is 17.1 Å². The molecule has 0 fully saturated rings. The van der Waals surface area contributed by atoms with Crippen molar-refractivity contribution >= 4 is 23.8 Å². The Bertz CT molecular complexity index is 1370. The van der Waals surface area contributed by atoms with Gasteiger partial charge in [-0.2, -0.15) is 18.2 Å². The highest BCUT2D eigenvalue weighted by atomic mass is 35.5. The Morgan fingerprint density at radius 2 is 1.60 bits per heavy atom. The summed E-state index contributed by atoms with van der Waals surface area (Å²) < 4.78 is 38.6. The number of amides is 1. The highest BCUT2D eigenvalue weighted by Gasteiger charge is 2.30. The fraction of sp³-hybridized carbons (Fsp3) is 0.0800. The third kappa shape index (κ3) is 5.70. The van der Waals surface area contributed by atoms with E-state index >= 15 is 0 Å². The van der Waals surface area contributed by atoms with Gasteiger partial charge in [0.05, 0.1) is 23.4 Å². The Morgan fingerprint density at radius 1 is 0.943 bits per heavy atom. The number of hydrogen-bond acceptors (Lipinski definition) is 4. The van der Waals surface area contributed by atoms with Crippen LogP contribution in [0.25, 0.3) is 22.4 Å². The third-order valence-electron chi connectivity index (χ3n) is 5.14. The first-order valence-corrected chi connectivity index (χ1v) is 10.7. The number of anilines is 1. The molecular weight excluding hydrogens is 481 g/mol. The number of halogens is 4. The van der Waals surface area contributed by atoms with Crippen molar-refractivity contribution in [3.63, 3.8) is 0 Å². The van der Waals surface area contributed by atoms with Crippen LogP contribution in [0.4, 0.5) is 19.0 Å². The van der Waals surface area contributed by atoms with E-state index in [0.29, 0.717) is 39.4 Å². The molecule has 0 atom stereocenters. The van der Waals surface area contributed by atoms with Crippen molar-refractivity contribution in [1.29, 1.82) is 0 Å². The van der Waals surface area contributed by atoms with Gasteiger partial charge in [-0.15, -0.1) is 0 Å². The van der Waals surface area contributed by atoms with Crippen molar-refractivity contribution in [3.05, 3.63) is 105 Å². The van der Waals surface area contributed by atoms with Crippen LogP contribution in [0.1, 0.15) is 11.1 Å². The molecular formula is C25H18ClF3N4O2. The molecule has 10 heteroatoms. The zero-order chi connectivity index (χ0) is 25.0. The van der Waals surface area contributed by atoms with Crippen molar-refractivity contribution < 1.29 is 18.0 Å². The van der Waals surface area contributed by atoms with Crippen molar-refractivity contribution in [2.75, 3.05) is 5.43 Å². The number of nitrogens with zero attached hydrogens (tertiary/aromatic N) is 2. The average Bonchev–Trinajstić information content (AvgIpc) is 2.84. The van der Waals surface area contributed by atoms with Gasteiger partial charge in [0.2, 0.25) is 6.41 Å². The number of benzene rings is 3. The summed E-state index contributed by atoms with van der Waals surface area (Å²) in [4.78, 5) is 31.0. The first kappa shape index (κ1) is 24.0. The first-order chi connectivity index (χ1) is 16.7. The number of aromatic amines is 1. The van der Waals surface area contributed by atoms with Gasteiger partial charge >= 0.3 is 11.9 Å². The number of carbonyl (C=O) groups is 1. The maximum atomic E-state index is 12.9. The quantitative estimate of drug-likeness (QED) is 0.251. The summed E-state index contributed by atoms with van der Waals surface area (Å²) in [5.74, 6) is 0.101. The van der Waals surface area contributed by atoms with Gasteiger partial charge in [-0.05, 0) is 41.0 Å². The predicted molar refractivity (Wildman–Crippen MR) is 127 cm³/mol. The summed E-state index contributed by atoms with van der Waals surface area (Å²) in [7, 11) is 0. The number of hydrazine groups is 1. The highest BCUT2D eigenvalue weighted by Crippen LogP contribution is 2.35. The minimum Gasteiger partial charge on any atom is -0.305 e. The molecule has 0 aliphatic carbocycles. The van der Waals surface area contributed by atoms with Crippen LogP contribution in [0, 0.1) is 0 Å². The van der Waals surface area contributed by atoms with Crippen LogP contribution in [0.2, 0.25) is 5.02 Å². The van der Waals surface area contributed by atoms with Gasteiger partial charge in [0.15, 0.2) is 5.82 Å². The molecule has 6 nitrogen and oxygen atoms in total. The van der Waals surface area contributed by atoms with Crippen LogP contribution in [0.15, 0.2) is 83.7 Å². The van der Waals surface area contributed by atoms with Crippen molar-refractivity contribution in [2.24, 2.45) is 0 Å². The monoisotopic (exact) mass is 498 g/mol. The lowest BCUT2D eigenvalue weighted by molar-refractivity contribution is -0.137. The lowest BCUT2D eigenvalue weighted by Gasteiger charge is -2.22. The van der Waals surface area contributed by atoms with Crippen molar-refractivity contribution in [3.8, 4) is 22.4 Å². The molecule has 0 saturated heterocycles. The van der Waals surface area contributed by atoms with Gasteiger partial charge in [0.1, 0.15) is 0 Å². The third-order valence-corrected chi connectivity index (χ3v) is 5.39. The molecule has 0 bridgehead atoms. The van der Waals surface area contributed by atoms with E-state index in [9.17, 15) is 22.8 Å². The molecule has 2 N–H and O–H groups in total. The summed E-state index contributed by atoms with van der Waals surface area (Å²) in [5, 5.41) is 1.62. The number of H-pyrrole nitrogens is 1. The number of carbonyl (C=O) groups excluding carboxylic acids is 1. The summed E-state index contributed by atoms with van der Waals surface area (Å²) >= 11 is 6.01. The van der Waals surface area contributed by atoms with E-state index in [4.69, 9.17) is 11.6 Å². The highest BCUT2D eigenvalue weighted by molar-refractivity contribution is 6.30. The minimum absolute atomic E-state index is 0.0688. The fourth-order valence-corrected chi connectivity index (χ4v) is 3.63. The number of nitrogens with one attached hydrogen (secondary N) is 2. The summed E-state index contributed by atoms with van der Waals surface area (Å²) in [6.45, 7) is -0.0688. The van der Waals surface area contributed by atoms with Gasteiger partial charge in [-0.1, -0.05) is 66.2 Å². The SMILES string of the molecule is O=CN(Cc1ccc(C(F)(F)F)cc1)Nc1nc(=O)[nH]c(-c2ccc(Cl)cc2)c1-c1ccccc1.